The van der Waals surface area contributed by atoms with Crippen molar-refractivity contribution in [2.45, 2.75) is 48.8 Å². The quantitative estimate of drug-likeness (QED) is 0.162. The first kappa shape index (κ1) is 23.6. The molecule has 8 atom stereocenters. The number of aliphatic carboxylic acids is 1. The van der Waals surface area contributed by atoms with E-state index in [-0.39, 0.29) is 0 Å². The third-order valence-corrected chi connectivity index (χ3v) is 3.36. The lowest BCUT2D eigenvalue weighted by Crippen LogP contribution is -2.60. The first-order valence-electron chi connectivity index (χ1n) is 7.00. The van der Waals surface area contributed by atoms with Crippen molar-refractivity contribution in [3.05, 3.63) is 0 Å². The Bertz CT molecular complexity index is 434. The molecule has 11 N–H and O–H groups in total. The zero-order chi connectivity index (χ0) is 19.9. The predicted molar refractivity (Wildman–Crippen MR) is 75.8 cm³/mol. The van der Waals surface area contributed by atoms with Crippen molar-refractivity contribution in [1.29, 1.82) is 0 Å². The molecule has 0 aromatic heterocycles. The zero-order valence-electron chi connectivity index (χ0n) is 12.8. The highest BCUT2D eigenvalue weighted by Gasteiger charge is 2.40. The van der Waals surface area contributed by atoms with Gasteiger partial charge in [-0.1, -0.05) is 0 Å². The SMILES string of the molecule is O=C(NC(C(=O)O)C(O)C(O)C(O)CO)C(O)C(O)C(O)C(O)CO. The van der Waals surface area contributed by atoms with Crippen LogP contribution in [0.3, 0.4) is 0 Å². The van der Waals surface area contributed by atoms with Gasteiger partial charge in [0.05, 0.1) is 13.2 Å². The van der Waals surface area contributed by atoms with Gasteiger partial charge in [0.25, 0.3) is 5.91 Å². The van der Waals surface area contributed by atoms with Crippen molar-refractivity contribution in [3.8, 4) is 0 Å². The van der Waals surface area contributed by atoms with Crippen LogP contribution in [0.1, 0.15) is 0 Å². The minimum absolute atomic E-state index is 1.01. The second kappa shape index (κ2) is 10.5. The second-order valence-corrected chi connectivity index (χ2v) is 5.23. The minimum atomic E-state index is -2.47. The van der Waals surface area contributed by atoms with Gasteiger partial charge in [-0.2, -0.15) is 0 Å². The lowest BCUT2D eigenvalue weighted by Gasteiger charge is -2.29. The van der Waals surface area contributed by atoms with Gasteiger partial charge in [-0.25, -0.2) is 4.79 Å². The Morgan fingerprint density at radius 1 is 0.720 bits per heavy atom. The molecule has 0 rings (SSSR count). The van der Waals surface area contributed by atoms with E-state index in [9.17, 15) is 40.2 Å². The molecule has 0 aromatic rings. The Balaban J connectivity index is 5.08. The lowest BCUT2D eigenvalue weighted by molar-refractivity contribution is -0.159. The number of nitrogens with one attached hydrogen (secondary N) is 1. The van der Waals surface area contributed by atoms with Crippen LogP contribution in [0.2, 0.25) is 0 Å². The van der Waals surface area contributed by atoms with Crippen molar-refractivity contribution in [1.82, 2.24) is 5.32 Å². The molecule has 0 aliphatic carbocycles. The van der Waals surface area contributed by atoms with Crippen LogP contribution in [-0.4, -0.2) is 125 Å². The van der Waals surface area contributed by atoms with Crippen LogP contribution in [0.15, 0.2) is 0 Å². The molecule has 13 nitrogen and oxygen atoms in total. The molecule has 25 heavy (non-hydrogen) atoms. The molecule has 0 aliphatic rings. The zero-order valence-corrected chi connectivity index (χ0v) is 12.8. The predicted octanol–water partition coefficient (Wildman–Crippen LogP) is -6.93. The summed E-state index contributed by atoms with van der Waals surface area (Å²) in [5.74, 6) is -3.49. The smallest absolute Gasteiger partial charge is 0.329 e. The summed E-state index contributed by atoms with van der Waals surface area (Å²) in [6, 6.07) is -2.26. The van der Waals surface area contributed by atoms with Crippen molar-refractivity contribution >= 4 is 11.9 Å². The Kier molecular flexibility index (Phi) is 9.95. The maximum Gasteiger partial charge on any atom is 0.329 e. The number of hydrogen-bond acceptors (Lipinski definition) is 11. The summed E-state index contributed by atoms with van der Waals surface area (Å²) in [4.78, 5) is 22.8. The van der Waals surface area contributed by atoms with Gasteiger partial charge in [-0.3, -0.25) is 4.79 Å². The van der Waals surface area contributed by atoms with E-state index in [0.717, 1.165) is 0 Å². The molecule has 0 spiro atoms. The van der Waals surface area contributed by atoms with E-state index in [0.29, 0.717) is 0 Å². The third kappa shape index (κ3) is 6.43. The van der Waals surface area contributed by atoms with Crippen molar-refractivity contribution in [2.24, 2.45) is 0 Å². The third-order valence-electron chi connectivity index (χ3n) is 3.36. The Morgan fingerprint density at radius 2 is 1.12 bits per heavy atom. The number of carboxylic acid groups (broad SMARTS) is 1. The summed E-state index contributed by atoms with van der Waals surface area (Å²) >= 11 is 0. The summed E-state index contributed by atoms with van der Waals surface area (Å²) in [6.07, 6.45) is -15.2. The molecule has 0 bridgehead atoms. The van der Waals surface area contributed by atoms with Gasteiger partial charge < -0.3 is 56.4 Å². The summed E-state index contributed by atoms with van der Waals surface area (Å²) in [5.41, 5.74) is 0. The van der Waals surface area contributed by atoms with Crippen LogP contribution in [0.25, 0.3) is 0 Å². The maximum atomic E-state index is 11.7. The van der Waals surface area contributed by atoms with Gasteiger partial charge in [0, 0.05) is 0 Å². The molecule has 0 radical (unpaired) electrons. The average molecular weight is 373 g/mol. The minimum Gasteiger partial charge on any atom is -0.480 e. The van der Waals surface area contributed by atoms with Gasteiger partial charge in [-0.05, 0) is 0 Å². The highest BCUT2D eigenvalue weighted by Crippen LogP contribution is 2.09. The standard InChI is InChI=1S/C12H23NO12/c14-1-3(16)6(18)8(20)5(12(24)25)13-11(23)10(22)9(21)7(19)4(17)2-15/h3-10,14-22H,1-2H2,(H,13,23)(H,24,25). The topological polar surface area (TPSA) is 248 Å². The van der Waals surface area contributed by atoms with E-state index in [1.165, 1.54) is 0 Å². The normalized spacial score (nSPS) is 21.3. The number of carbonyl (C=O) groups excluding carboxylic acids is 1. The van der Waals surface area contributed by atoms with Gasteiger partial charge in [0.15, 0.2) is 12.1 Å². The average Bonchev–Trinajstić information content (AvgIpc) is 2.60. The Hall–Kier alpha value is -1.42. The largest absolute Gasteiger partial charge is 0.480 e. The second-order valence-electron chi connectivity index (χ2n) is 5.23. The lowest BCUT2D eigenvalue weighted by atomic mass is 9.99. The molecule has 1 amide bonds. The first-order valence-corrected chi connectivity index (χ1v) is 7.00. The van der Waals surface area contributed by atoms with E-state index in [1.54, 1.807) is 5.32 Å². The molecule has 148 valence electrons. The van der Waals surface area contributed by atoms with Crippen LogP contribution in [0.4, 0.5) is 0 Å². The molecule has 13 heteroatoms. The number of rotatable bonds is 11. The first-order chi connectivity index (χ1) is 11.5. The van der Waals surface area contributed by atoms with Crippen molar-refractivity contribution in [2.75, 3.05) is 13.2 Å². The van der Waals surface area contributed by atoms with Crippen LogP contribution in [-0.2, 0) is 9.59 Å². The fourth-order valence-corrected chi connectivity index (χ4v) is 1.74. The van der Waals surface area contributed by atoms with Crippen molar-refractivity contribution < 1.29 is 60.7 Å². The molecule has 0 heterocycles. The fourth-order valence-electron chi connectivity index (χ4n) is 1.74. The highest BCUT2D eigenvalue weighted by molar-refractivity contribution is 5.87. The number of hydrogen-bond donors (Lipinski definition) is 11. The van der Waals surface area contributed by atoms with E-state index in [2.05, 4.69) is 0 Å². The Labute approximate surface area is 141 Å². The van der Waals surface area contributed by atoms with Crippen molar-refractivity contribution in [3.63, 3.8) is 0 Å². The monoisotopic (exact) mass is 373 g/mol. The molecule has 0 aliphatic heterocycles. The molecular weight excluding hydrogens is 350 g/mol. The van der Waals surface area contributed by atoms with E-state index < -0.39 is 73.9 Å². The summed E-state index contributed by atoms with van der Waals surface area (Å²) < 4.78 is 0. The number of amides is 1. The van der Waals surface area contributed by atoms with E-state index >= 15 is 0 Å². The van der Waals surface area contributed by atoms with Crippen LogP contribution < -0.4 is 5.32 Å². The maximum absolute atomic E-state index is 11.7. The molecule has 0 saturated carbocycles. The van der Waals surface area contributed by atoms with E-state index in [4.69, 9.17) is 20.4 Å². The summed E-state index contributed by atoms with van der Waals surface area (Å²) in [5, 5.41) is 93.7. The number of aliphatic hydroxyl groups is 9. The summed E-state index contributed by atoms with van der Waals surface area (Å²) in [7, 11) is 0. The highest BCUT2D eigenvalue weighted by atomic mass is 16.4. The van der Waals surface area contributed by atoms with Gasteiger partial charge >= 0.3 is 5.97 Å². The van der Waals surface area contributed by atoms with Crippen LogP contribution in [0.5, 0.6) is 0 Å². The molecule has 0 aromatic carbocycles. The van der Waals surface area contributed by atoms with Gasteiger partial charge in [-0.15, -0.1) is 0 Å². The van der Waals surface area contributed by atoms with Gasteiger partial charge in [0.1, 0.15) is 36.6 Å². The van der Waals surface area contributed by atoms with Gasteiger partial charge in [0.2, 0.25) is 0 Å². The number of carbonyl (C=O) groups is 2. The fraction of sp³-hybridized carbons (Fsp3) is 0.833. The van der Waals surface area contributed by atoms with E-state index in [1.807, 2.05) is 0 Å². The molecule has 0 fully saturated rings. The molecule has 0 saturated heterocycles. The Morgan fingerprint density at radius 3 is 1.48 bits per heavy atom. The molecular formula is C12H23NO12. The molecule has 8 unspecified atom stereocenters. The van der Waals surface area contributed by atoms with Crippen LogP contribution >= 0.6 is 0 Å². The number of aliphatic hydroxyl groups excluding tert-OH is 9. The number of carboxylic acids is 1. The summed E-state index contributed by atoms with van der Waals surface area (Å²) in [6.45, 7) is -2.03. The van der Waals surface area contributed by atoms with Crippen LogP contribution in [0, 0.1) is 0 Å².